The van der Waals surface area contributed by atoms with Crippen molar-refractivity contribution in [1.82, 2.24) is 20.4 Å². The van der Waals surface area contributed by atoms with E-state index in [-0.39, 0.29) is 11.9 Å². The van der Waals surface area contributed by atoms with Crippen LogP contribution in [0.1, 0.15) is 29.5 Å². The van der Waals surface area contributed by atoms with E-state index in [1.54, 1.807) is 50.6 Å². The zero-order chi connectivity index (χ0) is 22.9. The van der Waals surface area contributed by atoms with E-state index in [0.717, 1.165) is 12.0 Å². The van der Waals surface area contributed by atoms with Gasteiger partial charge in [0.25, 0.3) is 11.8 Å². The number of ether oxygens (including phenoxy) is 1. The van der Waals surface area contributed by atoms with Crippen LogP contribution in [0.3, 0.4) is 0 Å². The largest absolute Gasteiger partial charge is 0.495 e. The third kappa shape index (κ3) is 5.84. The third-order valence-electron chi connectivity index (χ3n) is 4.76. The van der Waals surface area contributed by atoms with Crippen LogP contribution in [-0.2, 0) is 6.42 Å². The highest BCUT2D eigenvalue weighted by Gasteiger charge is 2.14. The average molecular weight is 438 g/mol. The number of hydrogen-bond donors (Lipinski definition) is 2. The van der Waals surface area contributed by atoms with Gasteiger partial charge in [-0.3, -0.25) is 4.79 Å². The lowest BCUT2D eigenvalue weighted by Crippen LogP contribution is -2.33. The lowest BCUT2D eigenvalue weighted by atomic mass is 10.1. The van der Waals surface area contributed by atoms with Gasteiger partial charge >= 0.3 is 6.03 Å². The van der Waals surface area contributed by atoms with E-state index in [0.29, 0.717) is 48.2 Å². The number of benzene rings is 2. The number of rotatable bonds is 9. The molecular formula is C23H27N5O4. The summed E-state index contributed by atoms with van der Waals surface area (Å²) in [5.41, 5.74) is 1.89. The zero-order valence-electron chi connectivity index (χ0n) is 18.4. The number of aromatic nitrogens is 2. The number of nitrogens with zero attached hydrogens (tertiary/aromatic N) is 3. The van der Waals surface area contributed by atoms with Gasteiger partial charge in [0.15, 0.2) is 5.82 Å². The van der Waals surface area contributed by atoms with Crippen molar-refractivity contribution in [3.8, 4) is 17.2 Å². The van der Waals surface area contributed by atoms with Crippen molar-refractivity contribution in [3.05, 3.63) is 59.9 Å². The van der Waals surface area contributed by atoms with Crippen molar-refractivity contribution in [2.45, 2.75) is 19.8 Å². The van der Waals surface area contributed by atoms with Gasteiger partial charge in [0.05, 0.1) is 12.8 Å². The summed E-state index contributed by atoms with van der Waals surface area (Å²) in [5.74, 6) is 1.33. The fourth-order valence-corrected chi connectivity index (χ4v) is 2.91. The van der Waals surface area contributed by atoms with Gasteiger partial charge in [-0.1, -0.05) is 24.2 Å². The Morgan fingerprint density at radius 3 is 2.59 bits per heavy atom. The highest BCUT2D eigenvalue weighted by molar-refractivity contribution is 5.94. The Kier molecular flexibility index (Phi) is 7.80. The molecule has 9 heteroatoms. The second-order valence-electron chi connectivity index (χ2n) is 7.15. The summed E-state index contributed by atoms with van der Waals surface area (Å²) in [6.45, 7) is 3.04. The molecule has 168 valence electrons. The third-order valence-corrected chi connectivity index (χ3v) is 4.76. The number of methoxy groups -OCH3 is 1. The molecular weight excluding hydrogens is 410 g/mol. The van der Waals surface area contributed by atoms with E-state index in [1.165, 1.54) is 4.90 Å². The van der Waals surface area contributed by atoms with Crippen LogP contribution in [0.2, 0.25) is 0 Å². The minimum absolute atomic E-state index is 0.112. The Balaban J connectivity index is 1.54. The number of amides is 3. The van der Waals surface area contributed by atoms with Gasteiger partial charge < -0.3 is 24.8 Å². The van der Waals surface area contributed by atoms with Gasteiger partial charge in [-0.15, -0.1) is 0 Å². The summed E-state index contributed by atoms with van der Waals surface area (Å²) in [7, 11) is 3.24. The predicted octanol–water partition coefficient (Wildman–Crippen LogP) is 3.59. The van der Waals surface area contributed by atoms with Crippen molar-refractivity contribution in [1.29, 1.82) is 0 Å². The normalized spacial score (nSPS) is 10.5. The van der Waals surface area contributed by atoms with Gasteiger partial charge in [-0.2, -0.15) is 4.98 Å². The molecule has 2 N–H and O–H groups in total. The molecule has 0 bridgehead atoms. The van der Waals surface area contributed by atoms with Crippen molar-refractivity contribution in [3.63, 3.8) is 0 Å². The van der Waals surface area contributed by atoms with E-state index < -0.39 is 0 Å². The van der Waals surface area contributed by atoms with Gasteiger partial charge in [0, 0.05) is 37.7 Å². The Morgan fingerprint density at radius 1 is 1.12 bits per heavy atom. The van der Waals surface area contributed by atoms with Crippen molar-refractivity contribution < 1.29 is 18.8 Å². The number of urea groups is 1. The van der Waals surface area contributed by atoms with E-state index in [1.807, 2.05) is 19.1 Å². The molecule has 0 unspecified atom stereocenters. The molecule has 0 fully saturated rings. The average Bonchev–Trinajstić information content (AvgIpc) is 3.30. The van der Waals surface area contributed by atoms with E-state index >= 15 is 0 Å². The number of carbonyl (C=O) groups excluding carboxylic acids is 2. The van der Waals surface area contributed by atoms with Crippen LogP contribution in [-0.4, -0.2) is 54.2 Å². The molecule has 1 heterocycles. The second kappa shape index (κ2) is 10.9. The van der Waals surface area contributed by atoms with Crippen LogP contribution in [0.15, 0.2) is 53.1 Å². The van der Waals surface area contributed by atoms with Crippen molar-refractivity contribution in [2.24, 2.45) is 0 Å². The number of nitrogens with one attached hydrogen (secondary N) is 2. The maximum absolute atomic E-state index is 12.4. The fraction of sp³-hybridized carbons (Fsp3) is 0.304. The predicted molar refractivity (Wildman–Crippen MR) is 121 cm³/mol. The first-order valence-electron chi connectivity index (χ1n) is 10.4. The Morgan fingerprint density at radius 2 is 1.88 bits per heavy atom. The zero-order valence-corrected chi connectivity index (χ0v) is 18.4. The van der Waals surface area contributed by atoms with Crippen LogP contribution in [0.5, 0.6) is 5.75 Å². The Bertz CT molecular complexity index is 1050. The molecule has 0 aliphatic heterocycles. The lowest BCUT2D eigenvalue weighted by molar-refractivity contribution is 0.0953. The maximum Gasteiger partial charge on any atom is 0.321 e. The number of para-hydroxylation sites is 2. The van der Waals surface area contributed by atoms with Crippen LogP contribution in [0, 0.1) is 0 Å². The standard InChI is InChI=1S/C23H27N5O4/c1-4-14-24-21(29)16-9-11-17(12-10-16)22-26-20(27-32-22)13-15-28(2)23(30)25-18-7-5-6-8-19(18)31-3/h5-12H,4,13-15H2,1-3H3,(H,24,29)(H,25,30). The molecule has 3 amide bonds. The molecule has 32 heavy (non-hydrogen) atoms. The first-order valence-corrected chi connectivity index (χ1v) is 10.4. The molecule has 0 saturated carbocycles. The van der Waals surface area contributed by atoms with Crippen LogP contribution in [0.4, 0.5) is 10.5 Å². The summed E-state index contributed by atoms with van der Waals surface area (Å²) in [6, 6.07) is 13.9. The Hall–Kier alpha value is -3.88. The minimum atomic E-state index is -0.268. The second-order valence-corrected chi connectivity index (χ2v) is 7.15. The maximum atomic E-state index is 12.4. The molecule has 0 spiro atoms. The van der Waals surface area contributed by atoms with Gasteiger partial charge in [-0.25, -0.2) is 4.79 Å². The van der Waals surface area contributed by atoms with Crippen molar-refractivity contribution >= 4 is 17.6 Å². The van der Waals surface area contributed by atoms with Gasteiger partial charge in [-0.05, 0) is 42.8 Å². The monoisotopic (exact) mass is 437 g/mol. The van der Waals surface area contributed by atoms with Crippen molar-refractivity contribution in [2.75, 3.05) is 32.6 Å². The van der Waals surface area contributed by atoms with Gasteiger partial charge in [0.1, 0.15) is 5.75 Å². The summed E-state index contributed by atoms with van der Waals surface area (Å²) in [5, 5.41) is 9.65. The van der Waals surface area contributed by atoms with Crippen LogP contribution >= 0.6 is 0 Å². The van der Waals surface area contributed by atoms with Crippen LogP contribution in [0.25, 0.3) is 11.5 Å². The highest BCUT2D eigenvalue weighted by Crippen LogP contribution is 2.23. The molecule has 0 saturated heterocycles. The Labute approximate surface area is 186 Å². The van der Waals surface area contributed by atoms with E-state index in [9.17, 15) is 9.59 Å². The summed E-state index contributed by atoms with van der Waals surface area (Å²) in [4.78, 5) is 30.4. The lowest BCUT2D eigenvalue weighted by Gasteiger charge is -2.18. The highest BCUT2D eigenvalue weighted by atomic mass is 16.5. The summed E-state index contributed by atoms with van der Waals surface area (Å²) < 4.78 is 10.6. The first kappa shape index (κ1) is 22.8. The minimum Gasteiger partial charge on any atom is -0.495 e. The smallest absolute Gasteiger partial charge is 0.321 e. The summed E-state index contributed by atoms with van der Waals surface area (Å²) in [6.07, 6.45) is 1.31. The quantitative estimate of drug-likeness (QED) is 0.529. The molecule has 1 aromatic heterocycles. The molecule has 0 atom stereocenters. The molecule has 0 radical (unpaired) electrons. The van der Waals surface area contributed by atoms with E-state index in [4.69, 9.17) is 9.26 Å². The molecule has 3 rings (SSSR count). The number of anilines is 1. The fourth-order valence-electron chi connectivity index (χ4n) is 2.91. The van der Waals surface area contributed by atoms with Gasteiger partial charge in [0.2, 0.25) is 0 Å². The molecule has 9 nitrogen and oxygen atoms in total. The number of carbonyl (C=O) groups is 2. The SMILES string of the molecule is CCCNC(=O)c1ccc(-c2nc(CCN(C)C(=O)Nc3ccccc3OC)no2)cc1. The topological polar surface area (TPSA) is 110 Å². The number of hydrogen-bond acceptors (Lipinski definition) is 6. The first-order chi connectivity index (χ1) is 15.5. The van der Waals surface area contributed by atoms with E-state index in [2.05, 4.69) is 20.8 Å². The summed E-state index contributed by atoms with van der Waals surface area (Å²) >= 11 is 0. The molecule has 3 aromatic rings. The van der Waals surface area contributed by atoms with Crippen LogP contribution < -0.4 is 15.4 Å². The number of likely N-dealkylation sites (N-methyl/N-ethyl adjacent to an activating group) is 1. The molecule has 0 aliphatic carbocycles. The molecule has 2 aromatic carbocycles. The molecule has 0 aliphatic rings.